The Morgan fingerprint density at radius 1 is 1.27 bits per heavy atom. The first kappa shape index (κ1) is 18.7. The van der Waals surface area contributed by atoms with Crippen molar-refractivity contribution in [2.45, 2.75) is 30.7 Å². The number of hydrogen-bond donors (Lipinski definition) is 1. The van der Waals surface area contributed by atoms with E-state index in [9.17, 15) is 13.2 Å². The summed E-state index contributed by atoms with van der Waals surface area (Å²) in [5.74, 6) is -0.235. The van der Waals surface area contributed by atoms with E-state index in [0.717, 1.165) is 24.8 Å². The van der Waals surface area contributed by atoms with E-state index in [4.69, 9.17) is 11.6 Å². The molecule has 0 saturated heterocycles. The Hall–Kier alpha value is -2.05. The highest BCUT2D eigenvalue weighted by Gasteiger charge is 2.24. The molecule has 0 aromatic heterocycles. The predicted octanol–water partition coefficient (Wildman–Crippen LogP) is 3.52. The molecule has 0 fully saturated rings. The van der Waals surface area contributed by atoms with Crippen LogP contribution in [-0.2, 0) is 21.1 Å². The third-order valence-corrected chi connectivity index (χ3v) is 6.06. The molecule has 1 amide bonds. The molecular weight excluding hydrogens is 372 g/mol. The highest BCUT2D eigenvalue weighted by molar-refractivity contribution is 7.90. The molecule has 0 saturated carbocycles. The van der Waals surface area contributed by atoms with Crippen molar-refractivity contribution in [3.8, 4) is 0 Å². The van der Waals surface area contributed by atoms with E-state index in [1.165, 1.54) is 23.8 Å². The minimum Gasteiger partial charge on any atom is -0.359 e. The summed E-state index contributed by atoms with van der Waals surface area (Å²) in [4.78, 5) is 14.8. The monoisotopic (exact) mass is 392 g/mol. The molecule has 5 nitrogen and oxygen atoms in total. The smallest absolute Gasteiger partial charge is 0.243 e. The average molecular weight is 393 g/mol. The van der Waals surface area contributed by atoms with Gasteiger partial charge < -0.3 is 10.2 Å². The molecule has 1 aliphatic heterocycles. The van der Waals surface area contributed by atoms with E-state index < -0.39 is 9.84 Å². The zero-order valence-electron chi connectivity index (χ0n) is 14.7. The second-order valence-corrected chi connectivity index (χ2v) is 9.03. The third kappa shape index (κ3) is 4.02. The van der Waals surface area contributed by atoms with Crippen molar-refractivity contribution in [1.82, 2.24) is 0 Å². The van der Waals surface area contributed by atoms with Gasteiger partial charge in [-0.3, -0.25) is 4.79 Å². The number of para-hydroxylation sites is 1. The zero-order chi connectivity index (χ0) is 18.9. The fraction of sp³-hybridized carbons (Fsp3) is 0.316. The van der Waals surface area contributed by atoms with E-state index >= 15 is 0 Å². The van der Waals surface area contributed by atoms with Gasteiger partial charge in [-0.1, -0.05) is 29.8 Å². The summed E-state index contributed by atoms with van der Waals surface area (Å²) in [6.45, 7) is 2.28. The average Bonchev–Trinajstić information content (AvgIpc) is 2.58. The van der Waals surface area contributed by atoms with Gasteiger partial charge in [0.2, 0.25) is 5.91 Å². The van der Waals surface area contributed by atoms with E-state index in [0.29, 0.717) is 10.7 Å². The maximum Gasteiger partial charge on any atom is 0.243 e. The van der Waals surface area contributed by atoms with Crippen LogP contribution in [0.25, 0.3) is 0 Å². The molecule has 0 unspecified atom stereocenters. The van der Waals surface area contributed by atoms with Gasteiger partial charge in [0.1, 0.15) is 0 Å². The third-order valence-electron chi connectivity index (χ3n) is 4.62. The number of hydrogen-bond acceptors (Lipinski definition) is 4. The number of aryl methyl sites for hydroxylation is 1. The maximum absolute atomic E-state index is 12.6. The SMILES string of the molecule is C[C@H]1CCc2ccccc2N1CC(=O)Nc1cc(S(C)(=O)=O)ccc1Cl. The molecule has 7 heteroatoms. The van der Waals surface area contributed by atoms with Gasteiger partial charge in [-0.2, -0.15) is 0 Å². The number of halogens is 1. The van der Waals surface area contributed by atoms with Crippen LogP contribution in [-0.4, -0.2) is 33.2 Å². The van der Waals surface area contributed by atoms with Crippen LogP contribution in [0.15, 0.2) is 47.4 Å². The number of nitrogens with one attached hydrogen (secondary N) is 1. The Kier molecular flexibility index (Phi) is 5.25. The van der Waals surface area contributed by atoms with Gasteiger partial charge in [0.25, 0.3) is 0 Å². The Morgan fingerprint density at radius 3 is 2.73 bits per heavy atom. The van der Waals surface area contributed by atoms with Crippen molar-refractivity contribution in [3.63, 3.8) is 0 Å². The minimum atomic E-state index is -3.37. The molecule has 0 radical (unpaired) electrons. The van der Waals surface area contributed by atoms with E-state index in [1.807, 2.05) is 18.2 Å². The number of anilines is 2. The number of nitrogens with zero attached hydrogens (tertiary/aromatic N) is 1. The van der Waals surface area contributed by atoms with E-state index in [-0.39, 0.29) is 23.4 Å². The largest absolute Gasteiger partial charge is 0.359 e. The van der Waals surface area contributed by atoms with Crippen LogP contribution in [0.4, 0.5) is 11.4 Å². The van der Waals surface area contributed by atoms with Crippen molar-refractivity contribution in [2.24, 2.45) is 0 Å². The molecule has 0 spiro atoms. The fourth-order valence-corrected chi connectivity index (χ4v) is 3.99. The van der Waals surface area contributed by atoms with E-state index in [1.54, 1.807) is 0 Å². The summed E-state index contributed by atoms with van der Waals surface area (Å²) in [5.41, 5.74) is 2.60. The van der Waals surface area contributed by atoms with Crippen LogP contribution in [0.2, 0.25) is 5.02 Å². The second kappa shape index (κ2) is 7.29. The Morgan fingerprint density at radius 2 is 2.00 bits per heavy atom. The predicted molar refractivity (Wildman–Crippen MR) is 105 cm³/mol. The standard InChI is InChI=1S/C19H21ClN2O3S/c1-13-7-8-14-5-3-4-6-18(14)22(13)12-19(23)21-17-11-15(26(2,24)25)9-10-16(17)20/h3-6,9-11,13H,7-8,12H2,1-2H3,(H,21,23)/t13-/m0/s1. The first-order valence-electron chi connectivity index (χ1n) is 8.39. The molecule has 1 N–H and O–H groups in total. The number of carbonyl (C=O) groups is 1. The van der Waals surface area contributed by atoms with Gasteiger partial charge in [0.05, 0.1) is 22.2 Å². The number of sulfone groups is 1. The summed E-state index contributed by atoms with van der Waals surface area (Å²) >= 11 is 6.12. The molecule has 3 rings (SSSR count). The number of amides is 1. The maximum atomic E-state index is 12.6. The molecule has 1 aliphatic rings. The lowest BCUT2D eigenvalue weighted by atomic mass is 9.96. The van der Waals surface area contributed by atoms with Crippen LogP contribution >= 0.6 is 11.6 Å². The normalized spacial score (nSPS) is 16.9. The van der Waals surface area contributed by atoms with Crippen molar-refractivity contribution in [1.29, 1.82) is 0 Å². The molecule has 26 heavy (non-hydrogen) atoms. The quantitative estimate of drug-likeness (QED) is 0.864. The van der Waals surface area contributed by atoms with Gasteiger partial charge in [0.15, 0.2) is 9.84 Å². The summed E-state index contributed by atoms with van der Waals surface area (Å²) in [5, 5.41) is 3.05. The van der Waals surface area contributed by atoms with Crippen molar-refractivity contribution in [2.75, 3.05) is 23.0 Å². The van der Waals surface area contributed by atoms with Crippen molar-refractivity contribution >= 4 is 38.7 Å². The van der Waals surface area contributed by atoms with Gasteiger partial charge in [0, 0.05) is 18.0 Å². The molecule has 138 valence electrons. The van der Waals surface area contributed by atoms with Crippen LogP contribution < -0.4 is 10.2 Å². The lowest BCUT2D eigenvalue weighted by Crippen LogP contribution is -2.42. The number of carbonyl (C=O) groups excluding carboxylic acids is 1. The number of benzene rings is 2. The van der Waals surface area contributed by atoms with Crippen molar-refractivity contribution in [3.05, 3.63) is 53.1 Å². The van der Waals surface area contributed by atoms with Crippen LogP contribution in [0, 0.1) is 0 Å². The lowest BCUT2D eigenvalue weighted by molar-refractivity contribution is -0.115. The Balaban J connectivity index is 1.80. The van der Waals surface area contributed by atoms with Crippen LogP contribution in [0.5, 0.6) is 0 Å². The Labute approximate surface area is 158 Å². The molecule has 1 atom stereocenters. The molecule has 0 bridgehead atoms. The van der Waals surface area contributed by atoms with E-state index in [2.05, 4.69) is 23.2 Å². The zero-order valence-corrected chi connectivity index (χ0v) is 16.3. The summed E-state index contributed by atoms with van der Waals surface area (Å²) < 4.78 is 23.4. The lowest BCUT2D eigenvalue weighted by Gasteiger charge is -2.36. The van der Waals surface area contributed by atoms with Crippen LogP contribution in [0.3, 0.4) is 0 Å². The van der Waals surface area contributed by atoms with Gasteiger partial charge in [-0.05, 0) is 49.6 Å². The van der Waals surface area contributed by atoms with Gasteiger partial charge in [-0.15, -0.1) is 0 Å². The highest BCUT2D eigenvalue weighted by Crippen LogP contribution is 2.30. The van der Waals surface area contributed by atoms with Crippen LogP contribution in [0.1, 0.15) is 18.9 Å². The summed E-state index contributed by atoms with van der Waals surface area (Å²) in [7, 11) is -3.37. The Bertz CT molecular complexity index is 944. The highest BCUT2D eigenvalue weighted by atomic mass is 35.5. The molecule has 0 aliphatic carbocycles. The second-order valence-electron chi connectivity index (χ2n) is 6.61. The minimum absolute atomic E-state index is 0.119. The molecule has 1 heterocycles. The van der Waals surface area contributed by atoms with Gasteiger partial charge in [-0.25, -0.2) is 8.42 Å². The first-order chi connectivity index (χ1) is 12.3. The van der Waals surface area contributed by atoms with Crippen molar-refractivity contribution < 1.29 is 13.2 Å². The summed E-state index contributed by atoms with van der Waals surface area (Å²) in [6.07, 6.45) is 3.10. The number of fused-ring (bicyclic) bond motifs is 1. The summed E-state index contributed by atoms with van der Waals surface area (Å²) in [6, 6.07) is 12.6. The molecule has 2 aromatic rings. The number of rotatable bonds is 4. The molecular formula is C19H21ClN2O3S. The fourth-order valence-electron chi connectivity index (χ4n) is 3.18. The molecule has 2 aromatic carbocycles. The van der Waals surface area contributed by atoms with Gasteiger partial charge >= 0.3 is 0 Å². The topological polar surface area (TPSA) is 66.5 Å². The first-order valence-corrected chi connectivity index (χ1v) is 10.7.